The molecule has 1 aromatic rings. The van der Waals surface area contributed by atoms with Gasteiger partial charge in [0, 0.05) is 31.1 Å². The largest absolute Gasteiger partial charge is 0.361 e. The Kier molecular flexibility index (Phi) is 4.81. The minimum Gasteiger partial charge on any atom is -0.361 e. The first-order valence-electron chi connectivity index (χ1n) is 8.58. The lowest BCUT2D eigenvalue weighted by molar-refractivity contribution is -0.138. The van der Waals surface area contributed by atoms with Gasteiger partial charge in [-0.3, -0.25) is 9.69 Å². The summed E-state index contributed by atoms with van der Waals surface area (Å²) >= 11 is 0. The lowest BCUT2D eigenvalue weighted by atomic mass is 9.94. The van der Waals surface area contributed by atoms with Crippen LogP contribution in [-0.4, -0.2) is 47.0 Å². The van der Waals surface area contributed by atoms with Crippen molar-refractivity contribution in [1.82, 2.24) is 15.0 Å². The Balaban J connectivity index is 1.51. The normalized spacial score (nSPS) is 21.3. The van der Waals surface area contributed by atoms with Crippen LogP contribution in [0.2, 0.25) is 0 Å². The van der Waals surface area contributed by atoms with E-state index in [2.05, 4.69) is 15.0 Å². The quantitative estimate of drug-likeness (QED) is 0.861. The molecule has 0 aromatic carbocycles. The minimum absolute atomic E-state index is 0.235. The summed E-state index contributed by atoms with van der Waals surface area (Å²) in [6.07, 6.45) is 5.60. The summed E-state index contributed by atoms with van der Waals surface area (Å²) in [5, 5.41) is 4.02. The fourth-order valence-corrected chi connectivity index (χ4v) is 3.66. The van der Waals surface area contributed by atoms with Gasteiger partial charge in [0.05, 0.1) is 5.69 Å². The Morgan fingerprint density at radius 3 is 2.41 bits per heavy atom. The molecule has 2 aliphatic rings. The zero-order valence-corrected chi connectivity index (χ0v) is 13.8. The van der Waals surface area contributed by atoms with E-state index >= 15 is 0 Å². The van der Waals surface area contributed by atoms with Crippen LogP contribution in [0.5, 0.6) is 0 Å². The molecule has 2 saturated heterocycles. The van der Waals surface area contributed by atoms with Gasteiger partial charge in [-0.1, -0.05) is 5.16 Å². The van der Waals surface area contributed by atoms with E-state index < -0.39 is 0 Å². The van der Waals surface area contributed by atoms with Crippen LogP contribution in [0.15, 0.2) is 4.52 Å². The molecule has 0 radical (unpaired) electrons. The molecule has 3 heterocycles. The van der Waals surface area contributed by atoms with E-state index in [0.717, 1.165) is 57.0 Å². The molecule has 0 N–H and O–H groups in total. The molecule has 3 rings (SSSR count). The van der Waals surface area contributed by atoms with Crippen LogP contribution in [0, 0.1) is 19.8 Å². The molecule has 5 heteroatoms. The lowest BCUT2D eigenvalue weighted by Gasteiger charge is -2.35. The van der Waals surface area contributed by atoms with Gasteiger partial charge in [0.25, 0.3) is 0 Å². The molecule has 0 unspecified atom stereocenters. The van der Waals surface area contributed by atoms with Crippen molar-refractivity contribution in [1.29, 1.82) is 0 Å². The van der Waals surface area contributed by atoms with E-state index in [0.29, 0.717) is 5.91 Å². The van der Waals surface area contributed by atoms with Crippen LogP contribution in [0.1, 0.15) is 49.1 Å². The number of rotatable bonds is 3. The summed E-state index contributed by atoms with van der Waals surface area (Å²) in [6.45, 7) is 8.80. The average molecular weight is 305 g/mol. The van der Waals surface area contributed by atoms with E-state index in [4.69, 9.17) is 4.52 Å². The maximum atomic E-state index is 12.6. The Labute approximate surface area is 132 Å². The molecular formula is C17H27N3O2. The standard InChI is InChI=1S/C17H27N3O2/c1-13-16(14(2)22-18-13)12-19-10-6-15(7-11-19)17(21)20-8-4-3-5-9-20/h15H,3-12H2,1-2H3. The van der Waals surface area contributed by atoms with Crippen LogP contribution in [0.25, 0.3) is 0 Å². The van der Waals surface area contributed by atoms with E-state index in [1.807, 2.05) is 13.8 Å². The number of aromatic nitrogens is 1. The summed E-state index contributed by atoms with van der Waals surface area (Å²) in [4.78, 5) is 17.1. The van der Waals surface area contributed by atoms with E-state index in [1.165, 1.54) is 24.8 Å². The molecule has 0 spiro atoms. The van der Waals surface area contributed by atoms with Crippen LogP contribution in [-0.2, 0) is 11.3 Å². The Bertz CT molecular complexity index is 492. The van der Waals surface area contributed by atoms with Gasteiger partial charge >= 0.3 is 0 Å². The number of aryl methyl sites for hydroxylation is 2. The summed E-state index contributed by atoms with van der Waals surface area (Å²) in [6, 6.07) is 0. The maximum absolute atomic E-state index is 12.6. The smallest absolute Gasteiger partial charge is 0.225 e. The average Bonchev–Trinajstić information content (AvgIpc) is 2.88. The number of carbonyl (C=O) groups excluding carboxylic acids is 1. The van der Waals surface area contributed by atoms with Crippen LogP contribution in [0.3, 0.4) is 0 Å². The van der Waals surface area contributed by atoms with Gasteiger partial charge < -0.3 is 9.42 Å². The van der Waals surface area contributed by atoms with Crippen LogP contribution < -0.4 is 0 Å². The molecule has 2 fully saturated rings. The molecule has 5 nitrogen and oxygen atoms in total. The maximum Gasteiger partial charge on any atom is 0.225 e. The molecular weight excluding hydrogens is 278 g/mol. The van der Waals surface area contributed by atoms with Gasteiger partial charge in [-0.05, 0) is 59.0 Å². The SMILES string of the molecule is Cc1noc(C)c1CN1CCC(C(=O)N2CCCCC2)CC1. The fraction of sp³-hybridized carbons (Fsp3) is 0.765. The van der Waals surface area contributed by atoms with Crippen LogP contribution in [0.4, 0.5) is 0 Å². The van der Waals surface area contributed by atoms with E-state index in [1.54, 1.807) is 0 Å². The van der Waals surface area contributed by atoms with Crippen molar-refractivity contribution in [3.8, 4) is 0 Å². The number of piperidine rings is 2. The van der Waals surface area contributed by atoms with Gasteiger partial charge in [0.15, 0.2) is 0 Å². The van der Waals surface area contributed by atoms with Crippen molar-refractivity contribution in [2.24, 2.45) is 5.92 Å². The predicted octanol–water partition coefficient (Wildman–Crippen LogP) is 2.52. The van der Waals surface area contributed by atoms with Gasteiger partial charge in [-0.15, -0.1) is 0 Å². The zero-order valence-electron chi connectivity index (χ0n) is 13.8. The Morgan fingerprint density at radius 2 is 1.82 bits per heavy atom. The van der Waals surface area contributed by atoms with Gasteiger partial charge in [0.2, 0.25) is 5.91 Å². The highest BCUT2D eigenvalue weighted by molar-refractivity contribution is 5.79. The summed E-state index contributed by atoms with van der Waals surface area (Å²) < 4.78 is 5.24. The van der Waals surface area contributed by atoms with Crippen molar-refractivity contribution in [2.75, 3.05) is 26.2 Å². The Hall–Kier alpha value is -1.36. The first kappa shape index (κ1) is 15.5. The summed E-state index contributed by atoms with van der Waals surface area (Å²) in [5.74, 6) is 1.56. The second-order valence-electron chi connectivity index (χ2n) is 6.74. The third-order valence-corrected chi connectivity index (χ3v) is 5.17. The zero-order chi connectivity index (χ0) is 15.5. The topological polar surface area (TPSA) is 49.6 Å². The van der Waals surface area contributed by atoms with Crippen molar-refractivity contribution >= 4 is 5.91 Å². The number of carbonyl (C=O) groups is 1. The second kappa shape index (κ2) is 6.82. The summed E-state index contributed by atoms with van der Waals surface area (Å²) in [7, 11) is 0. The summed E-state index contributed by atoms with van der Waals surface area (Å²) in [5.41, 5.74) is 2.20. The van der Waals surface area contributed by atoms with Gasteiger partial charge in [-0.2, -0.15) is 0 Å². The van der Waals surface area contributed by atoms with Crippen molar-refractivity contribution < 1.29 is 9.32 Å². The highest BCUT2D eigenvalue weighted by Crippen LogP contribution is 2.24. The third-order valence-electron chi connectivity index (χ3n) is 5.17. The van der Waals surface area contributed by atoms with Crippen LogP contribution >= 0.6 is 0 Å². The first-order chi connectivity index (χ1) is 10.6. The molecule has 2 aliphatic heterocycles. The lowest BCUT2D eigenvalue weighted by Crippen LogP contribution is -2.44. The molecule has 1 aromatic heterocycles. The van der Waals surface area contributed by atoms with Gasteiger partial charge in [0.1, 0.15) is 5.76 Å². The Morgan fingerprint density at radius 1 is 1.14 bits per heavy atom. The monoisotopic (exact) mass is 305 g/mol. The van der Waals surface area contributed by atoms with Crippen molar-refractivity contribution in [3.05, 3.63) is 17.0 Å². The molecule has 0 atom stereocenters. The predicted molar refractivity (Wildman–Crippen MR) is 84.4 cm³/mol. The highest BCUT2D eigenvalue weighted by atomic mass is 16.5. The highest BCUT2D eigenvalue weighted by Gasteiger charge is 2.29. The molecule has 122 valence electrons. The van der Waals surface area contributed by atoms with E-state index in [-0.39, 0.29) is 5.92 Å². The van der Waals surface area contributed by atoms with Gasteiger partial charge in [-0.25, -0.2) is 0 Å². The minimum atomic E-state index is 0.235. The first-order valence-corrected chi connectivity index (χ1v) is 8.58. The fourth-order valence-electron chi connectivity index (χ4n) is 3.66. The van der Waals surface area contributed by atoms with Crippen molar-refractivity contribution in [2.45, 2.75) is 52.5 Å². The molecule has 1 amide bonds. The van der Waals surface area contributed by atoms with E-state index in [9.17, 15) is 4.79 Å². The van der Waals surface area contributed by atoms with Crippen molar-refractivity contribution in [3.63, 3.8) is 0 Å². The molecule has 0 aliphatic carbocycles. The number of likely N-dealkylation sites (tertiary alicyclic amines) is 2. The third kappa shape index (κ3) is 3.35. The molecule has 22 heavy (non-hydrogen) atoms. The molecule has 0 saturated carbocycles. The number of hydrogen-bond acceptors (Lipinski definition) is 4. The number of nitrogens with zero attached hydrogens (tertiary/aromatic N) is 3. The number of amides is 1. The number of hydrogen-bond donors (Lipinski definition) is 0. The second-order valence-corrected chi connectivity index (χ2v) is 6.74. The molecule has 0 bridgehead atoms.